The lowest BCUT2D eigenvalue weighted by atomic mass is 9.92. The van der Waals surface area contributed by atoms with Crippen molar-refractivity contribution in [3.63, 3.8) is 0 Å². The van der Waals surface area contributed by atoms with Crippen molar-refractivity contribution in [2.24, 2.45) is 11.8 Å². The molecule has 3 N–H and O–H groups in total. The van der Waals surface area contributed by atoms with Crippen molar-refractivity contribution in [3.05, 3.63) is 53.6 Å². The van der Waals surface area contributed by atoms with Gasteiger partial charge < -0.3 is 20.6 Å². The number of hydrogen-bond donors (Lipinski definition) is 3. The van der Waals surface area contributed by atoms with Crippen molar-refractivity contribution in [2.45, 2.75) is 71.3 Å². The number of carbonyl (C=O) groups excluding carboxylic acids is 1. The predicted molar refractivity (Wildman–Crippen MR) is 138 cm³/mol. The zero-order valence-corrected chi connectivity index (χ0v) is 20.5. The van der Waals surface area contributed by atoms with Crippen molar-refractivity contribution < 1.29 is 14.7 Å². The molecule has 2 aliphatic carbocycles. The molecule has 2 aromatic rings. The van der Waals surface area contributed by atoms with E-state index in [1.807, 2.05) is 37.3 Å². The SMILES string of the molecule is Cc1ccc(NC(=O)Nc2cc([C@@H]3C[C@@H]3C(=O)O)ccc2N(CC(C)C)C2CCCCC2)cc1. The monoisotopic (exact) mass is 463 g/mol. The number of aryl methyl sites for hydroxylation is 1. The highest BCUT2D eigenvalue weighted by molar-refractivity contribution is 6.02. The number of carbonyl (C=O) groups is 2. The van der Waals surface area contributed by atoms with Crippen molar-refractivity contribution >= 4 is 29.1 Å². The highest BCUT2D eigenvalue weighted by Crippen LogP contribution is 2.49. The minimum Gasteiger partial charge on any atom is -0.481 e. The van der Waals surface area contributed by atoms with Crippen molar-refractivity contribution in [1.82, 2.24) is 0 Å². The number of anilines is 3. The summed E-state index contributed by atoms with van der Waals surface area (Å²) >= 11 is 0. The average molecular weight is 464 g/mol. The Kier molecular flexibility index (Phi) is 7.44. The van der Waals surface area contributed by atoms with Gasteiger partial charge in [-0.3, -0.25) is 4.79 Å². The predicted octanol–water partition coefficient (Wildman–Crippen LogP) is 6.62. The molecule has 0 unspecified atom stereocenters. The number of nitrogens with one attached hydrogen (secondary N) is 2. The molecular weight excluding hydrogens is 426 g/mol. The molecule has 4 rings (SSSR count). The van der Waals surface area contributed by atoms with Gasteiger partial charge in [-0.15, -0.1) is 0 Å². The third kappa shape index (κ3) is 5.91. The lowest BCUT2D eigenvalue weighted by Gasteiger charge is -2.38. The third-order valence-corrected chi connectivity index (χ3v) is 7.00. The minimum atomic E-state index is -0.746. The lowest BCUT2D eigenvalue weighted by molar-refractivity contribution is -0.138. The second-order valence-corrected chi connectivity index (χ2v) is 10.3. The summed E-state index contributed by atoms with van der Waals surface area (Å²) in [7, 11) is 0. The summed E-state index contributed by atoms with van der Waals surface area (Å²) < 4.78 is 0. The van der Waals surface area contributed by atoms with Crippen LogP contribution in [0, 0.1) is 18.8 Å². The quantitative estimate of drug-likeness (QED) is 0.411. The minimum absolute atomic E-state index is 0.0143. The Bertz CT molecular complexity index is 1010. The van der Waals surface area contributed by atoms with E-state index >= 15 is 0 Å². The first-order chi connectivity index (χ1) is 16.3. The number of hydrogen-bond acceptors (Lipinski definition) is 3. The van der Waals surface area contributed by atoms with Crippen molar-refractivity contribution in [3.8, 4) is 0 Å². The fourth-order valence-electron chi connectivity index (χ4n) is 5.12. The van der Waals surface area contributed by atoms with E-state index in [1.165, 1.54) is 19.3 Å². The maximum absolute atomic E-state index is 13.0. The number of carboxylic acid groups (broad SMARTS) is 1. The van der Waals surface area contributed by atoms with Gasteiger partial charge in [-0.2, -0.15) is 0 Å². The highest BCUT2D eigenvalue weighted by Gasteiger charge is 2.44. The molecule has 6 nitrogen and oxygen atoms in total. The molecule has 2 aromatic carbocycles. The van der Waals surface area contributed by atoms with Crippen molar-refractivity contribution in [1.29, 1.82) is 0 Å². The van der Waals surface area contributed by atoms with Gasteiger partial charge >= 0.3 is 12.0 Å². The summed E-state index contributed by atoms with van der Waals surface area (Å²) in [5.74, 6) is -0.578. The number of carboxylic acids is 1. The number of nitrogens with zero attached hydrogens (tertiary/aromatic N) is 1. The van der Waals surface area contributed by atoms with Crippen molar-refractivity contribution in [2.75, 3.05) is 22.1 Å². The van der Waals surface area contributed by atoms with Crippen LogP contribution < -0.4 is 15.5 Å². The van der Waals surface area contributed by atoms with Crippen LogP contribution in [0.2, 0.25) is 0 Å². The molecule has 182 valence electrons. The first-order valence-corrected chi connectivity index (χ1v) is 12.6. The molecule has 6 heteroatoms. The normalized spacial score (nSPS) is 20.1. The van der Waals surface area contributed by atoms with E-state index < -0.39 is 5.97 Å². The summed E-state index contributed by atoms with van der Waals surface area (Å²) in [5.41, 5.74) is 4.63. The zero-order valence-electron chi connectivity index (χ0n) is 20.5. The van der Waals surface area contributed by atoms with E-state index in [0.717, 1.165) is 47.6 Å². The highest BCUT2D eigenvalue weighted by atomic mass is 16.4. The van der Waals surface area contributed by atoms with Gasteiger partial charge in [-0.25, -0.2) is 4.79 Å². The Morgan fingerprint density at radius 3 is 2.35 bits per heavy atom. The van der Waals surface area contributed by atoms with Crippen LogP contribution in [0.1, 0.15) is 69.4 Å². The second kappa shape index (κ2) is 10.5. The Morgan fingerprint density at radius 1 is 1.03 bits per heavy atom. The van der Waals surface area contributed by atoms with Crippen LogP contribution in [0.25, 0.3) is 0 Å². The van der Waals surface area contributed by atoms with Gasteiger partial charge in [0.15, 0.2) is 0 Å². The first kappa shape index (κ1) is 24.1. The fraction of sp³-hybridized carbons (Fsp3) is 0.500. The Labute approximate surface area is 202 Å². The Hall–Kier alpha value is -3.02. The van der Waals surface area contributed by atoms with E-state index in [9.17, 15) is 14.7 Å². The molecule has 0 radical (unpaired) electrons. The largest absolute Gasteiger partial charge is 0.481 e. The van der Waals surface area contributed by atoms with Gasteiger partial charge in [0, 0.05) is 18.3 Å². The summed E-state index contributed by atoms with van der Waals surface area (Å²) in [6, 6.07) is 14.0. The molecule has 2 fully saturated rings. The van der Waals surface area contributed by atoms with Gasteiger partial charge in [0.25, 0.3) is 0 Å². The molecule has 34 heavy (non-hydrogen) atoms. The smallest absolute Gasteiger partial charge is 0.323 e. The average Bonchev–Trinajstić information content (AvgIpc) is 3.61. The van der Waals surface area contributed by atoms with Crippen LogP contribution in [0.5, 0.6) is 0 Å². The molecule has 2 amide bonds. The van der Waals surface area contributed by atoms with Crippen LogP contribution >= 0.6 is 0 Å². The number of amides is 2. The van der Waals surface area contributed by atoms with Crippen LogP contribution in [-0.2, 0) is 4.79 Å². The molecule has 0 saturated heterocycles. The summed E-state index contributed by atoms with van der Waals surface area (Å²) in [5, 5.41) is 15.4. The van der Waals surface area contributed by atoms with Gasteiger partial charge in [-0.1, -0.05) is 56.9 Å². The maximum Gasteiger partial charge on any atom is 0.323 e. The van der Waals surface area contributed by atoms with Crippen LogP contribution in [0.3, 0.4) is 0 Å². The molecule has 0 heterocycles. The number of urea groups is 1. The van der Waals surface area contributed by atoms with E-state index in [1.54, 1.807) is 0 Å². The van der Waals surface area contributed by atoms with E-state index in [-0.39, 0.29) is 17.9 Å². The molecule has 2 atom stereocenters. The van der Waals surface area contributed by atoms with E-state index in [4.69, 9.17) is 0 Å². The van der Waals surface area contributed by atoms with E-state index in [0.29, 0.717) is 18.4 Å². The van der Waals surface area contributed by atoms with Crippen LogP contribution in [-0.4, -0.2) is 29.7 Å². The fourth-order valence-corrected chi connectivity index (χ4v) is 5.12. The number of benzene rings is 2. The molecular formula is C28H37N3O3. The van der Waals surface area contributed by atoms with Gasteiger partial charge in [0.05, 0.1) is 17.3 Å². The molecule has 0 spiro atoms. The van der Waals surface area contributed by atoms with Gasteiger partial charge in [-0.05, 0) is 67.9 Å². The molecule has 0 aromatic heterocycles. The topological polar surface area (TPSA) is 81.7 Å². The standard InChI is InChI=1S/C28H37N3O3/c1-18(2)17-31(22-7-5-4-6-8-22)26-14-11-20(23-16-24(23)27(32)33)15-25(26)30-28(34)29-21-12-9-19(3)10-13-21/h9-15,18,22-24H,4-8,16-17H2,1-3H3,(H,32,33)(H2,29,30,34)/t23-,24-/m0/s1. The van der Waals surface area contributed by atoms with Gasteiger partial charge in [0.1, 0.15) is 0 Å². The first-order valence-electron chi connectivity index (χ1n) is 12.6. The van der Waals surface area contributed by atoms with Crippen LogP contribution in [0.4, 0.5) is 21.9 Å². The maximum atomic E-state index is 13.0. The zero-order chi connectivity index (χ0) is 24.2. The lowest BCUT2D eigenvalue weighted by Crippen LogP contribution is -2.40. The molecule has 2 saturated carbocycles. The second-order valence-electron chi connectivity index (χ2n) is 10.3. The Morgan fingerprint density at radius 2 is 1.74 bits per heavy atom. The summed E-state index contributed by atoms with van der Waals surface area (Å²) in [4.78, 5) is 26.9. The third-order valence-electron chi connectivity index (χ3n) is 7.00. The van der Waals surface area contributed by atoms with Crippen LogP contribution in [0.15, 0.2) is 42.5 Å². The molecule has 2 aliphatic rings. The summed E-state index contributed by atoms with van der Waals surface area (Å²) in [6.07, 6.45) is 6.72. The Balaban J connectivity index is 1.63. The van der Waals surface area contributed by atoms with Gasteiger partial charge in [0.2, 0.25) is 0 Å². The molecule has 0 aliphatic heterocycles. The molecule has 0 bridgehead atoms. The number of rotatable bonds is 8. The van der Waals surface area contributed by atoms with E-state index in [2.05, 4.69) is 41.5 Å². The number of aliphatic carboxylic acids is 1. The summed E-state index contributed by atoms with van der Waals surface area (Å²) in [6.45, 7) is 7.38.